The summed E-state index contributed by atoms with van der Waals surface area (Å²) >= 11 is 0. The van der Waals surface area contributed by atoms with Crippen LogP contribution in [-0.4, -0.2) is 49.1 Å². The molecule has 0 spiro atoms. The van der Waals surface area contributed by atoms with E-state index in [9.17, 15) is 9.90 Å². The van der Waals surface area contributed by atoms with Gasteiger partial charge in [0.1, 0.15) is 0 Å². The van der Waals surface area contributed by atoms with Crippen LogP contribution in [0.25, 0.3) is 0 Å². The number of rotatable bonds is 8. The lowest BCUT2D eigenvalue weighted by Crippen LogP contribution is -2.36. The first kappa shape index (κ1) is 15.5. The van der Waals surface area contributed by atoms with E-state index in [0.29, 0.717) is 13.1 Å². The van der Waals surface area contributed by atoms with Crippen LogP contribution in [0.2, 0.25) is 0 Å². The second-order valence-corrected chi connectivity index (χ2v) is 4.49. The minimum absolute atomic E-state index is 0.0358. The number of carbonyl (C=O) groups is 1. The Bertz CT molecular complexity index is 408. The fraction of sp³-hybridized carbons (Fsp3) is 0.500. The molecule has 0 aromatic heterocycles. The van der Waals surface area contributed by atoms with Crippen LogP contribution in [0.5, 0.6) is 0 Å². The van der Waals surface area contributed by atoms with Gasteiger partial charge in [0.15, 0.2) is 0 Å². The van der Waals surface area contributed by atoms with Crippen molar-refractivity contribution in [2.45, 2.75) is 19.4 Å². The first-order valence-corrected chi connectivity index (χ1v) is 6.24. The summed E-state index contributed by atoms with van der Waals surface area (Å²) in [6, 6.07) is 7.72. The van der Waals surface area contributed by atoms with Gasteiger partial charge in [0.25, 0.3) is 0 Å². The smallest absolute Gasteiger partial charge is 0.305 e. The third kappa shape index (κ3) is 5.28. The number of methoxy groups -OCH3 is 1. The van der Waals surface area contributed by atoms with Gasteiger partial charge < -0.3 is 19.8 Å². The third-order valence-electron chi connectivity index (χ3n) is 2.84. The van der Waals surface area contributed by atoms with Crippen molar-refractivity contribution in [3.05, 3.63) is 29.8 Å². The van der Waals surface area contributed by atoms with Crippen molar-refractivity contribution in [1.82, 2.24) is 0 Å². The monoisotopic (exact) mass is 267 g/mol. The number of carboxylic acid groups (broad SMARTS) is 1. The molecule has 1 atom stereocenters. The van der Waals surface area contributed by atoms with Crippen molar-refractivity contribution in [1.29, 1.82) is 0 Å². The van der Waals surface area contributed by atoms with Gasteiger partial charge in [0, 0.05) is 25.9 Å². The third-order valence-corrected chi connectivity index (χ3v) is 2.84. The zero-order chi connectivity index (χ0) is 14.3. The number of aliphatic carboxylic acids is 1. The van der Waals surface area contributed by atoms with Gasteiger partial charge in [-0.1, -0.05) is 18.2 Å². The molecule has 106 valence electrons. The van der Waals surface area contributed by atoms with Crippen LogP contribution < -0.4 is 4.90 Å². The van der Waals surface area contributed by atoms with E-state index in [1.807, 2.05) is 36.1 Å². The maximum atomic E-state index is 10.7. The van der Waals surface area contributed by atoms with Crippen molar-refractivity contribution in [3.8, 4) is 0 Å². The van der Waals surface area contributed by atoms with E-state index >= 15 is 0 Å². The molecular formula is C14H21NO4. The predicted molar refractivity (Wildman–Crippen MR) is 73.5 cm³/mol. The van der Waals surface area contributed by atoms with E-state index in [1.54, 1.807) is 0 Å². The predicted octanol–water partition coefficient (Wildman–Crippen LogP) is 1.28. The SMILES string of the molecule is COCC(O)CN(CCC(=O)O)c1ccccc1C. The Morgan fingerprint density at radius 2 is 2.11 bits per heavy atom. The molecule has 0 bridgehead atoms. The summed E-state index contributed by atoms with van der Waals surface area (Å²) in [5, 5.41) is 18.6. The summed E-state index contributed by atoms with van der Waals surface area (Å²) < 4.78 is 4.90. The van der Waals surface area contributed by atoms with Crippen molar-refractivity contribution < 1.29 is 19.7 Å². The molecule has 0 amide bonds. The lowest BCUT2D eigenvalue weighted by atomic mass is 10.1. The summed E-state index contributed by atoms with van der Waals surface area (Å²) in [7, 11) is 1.53. The van der Waals surface area contributed by atoms with Gasteiger partial charge in [0.2, 0.25) is 0 Å². The van der Waals surface area contributed by atoms with Crippen molar-refractivity contribution in [3.63, 3.8) is 0 Å². The lowest BCUT2D eigenvalue weighted by molar-refractivity contribution is -0.136. The largest absolute Gasteiger partial charge is 0.481 e. The Labute approximate surface area is 113 Å². The van der Waals surface area contributed by atoms with Crippen LogP contribution in [0.3, 0.4) is 0 Å². The summed E-state index contributed by atoms with van der Waals surface area (Å²) in [5.41, 5.74) is 2.00. The van der Waals surface area contributed by atoms with Gasteiger partial charge in [-0.05, 0) is 18.6 Å². The highest BCUT2D eigenvalue weighted by molar-refractivity contribution is 5.68. The number of nitrogens with zero attached hydrogens (tertiary/aromatic N) is 1. The lowest BCUT2D eigenvalue weighted by Gasteiger charge is -2.28. The topological polar surface area (TPSA) is 70.0 Å². The van der Waals surface area contributed by atoms with E-state index in [-0.39, 0.29) is 13.0 Å². The second-order valence-electron chi connectivity index (χ2n) is 4.49. The molecular weight excluding hydrogens is 246 g/mol. The van der Waals surface area contributed by atoms with E-state index in [0.717, 1.165) is 11.3 Å². The number of para-hydroxylation sites is 1. The summed E-state index contributed by atoms with van der Waals surface area (Å²) in [6.07, 6.45) is -0.605. The van der Waals surface area contributed by atoms with Gasteiger partial charge in [-0.2, -0.15) is 0 Å². The molecule has 5 heteroatoms. The number of carboxylic acids is 1. The van der Waals surface area contributed by atoms with E-state index in [1.165, 1.54) is 7.11 Å². The molecule has 1 rings (SSSR count). The zero-order valence-corrected chi connectivity index (χ0v) is 11.4. The molecule has 1 aromatic carbocycles. The maximum absolute atomic E-state index is 10.7. The van der Waals surface area contributed by atoms with Crippen LogP contribution in [0.1, 0.15) is 12.0 Å². The molecule has 0 fully saturated rings. The Hall–Kier alpha value is -1.59. The summed E-state index contributed by atoms with van der Waals surface area (Å²) in [6.45, 7) is 2.91. The maximum Gasteiger partial charge on any atom is 0.305 e. The fourth-order valence-corrected chi connectivity index (χ4v) is 1.96. The second kappa shape index (κ2) is 7.76. The normalized spacial score (nSPS) is 12.2. The van der Waals surface area contributed by atoms with E-state index in [4.69, 9.17) is 9.84 Å². The molecule has 5 nitrogen and oxygen atoms in total. The molecule has 0 radical (unpaired) electrons. The molecule has 0 saturated heterocycles. The van der Waals surface area contributed by atoms with Crippen molar-refractivity contribution in [2.24, 2.45) is 0 Å². The molecule has 19 heavy (non-hydrogen) atoms. The zero-order valence-electron chi connectivity index (χ0n) is 11.4. The van der Waals surface area contributed by atoms with Crippen molar-refractivity contribution >= 4 is 11.7 Å². The molecule has 0 heterocycles. The number of hydrogen-bond donors (Lipinski definition) is 2. The summed E-state index contributed by atoms with van der Waals surface area (Å²) in [5.74, 6) is -0.847. The van der Waals surface area contributed by atoms with Crippen molar-refractivity contribution in [2.75, 3.05) is 31.7 Å². The molecule has 1 aromatic rings. The highest BCUT2D eigenvalue weighted by Crippen LogP contribution is 2.20. The number of ether oxygens (including phenoxy) is 1. The molecule has 0 aliphatic carbocycles. The molecule has 0 aliphatic rings. The summed E-state index contributed by atoms with van der Waals surface area (Å²) in [4.78, 5) is 12.6. The van der Waals surface area contributed by atoms with Gasteiger partial charge >= 0.3 is 5.97 Å². The standard InChI is InChI=1S/C14H21NO4/c1-11-5-3-4-6-13(11)15(8-7-14(17)18)9-12(16)10-19-2/h3-6,12,16H,7-10H2,1-2H3,(H,17,18). The number of aliphatic hydroxyl groups excluding tert-OH is 1. The average Bonchev–Trinajstić information content (AvgIpc) is 2.35. The highest BCUT2D eigenvalue weighted by Gasteiger charge is 2.15. The van der Waals surface area contributed by atoms with Gasteiger partial charge in [0.05, 0.1) is 19.1 Å². The quantitative estimate of drug-likeness (QED) is 0.742. The van der Waals surface area contributed by atoms with Crippen LogP contribution in [0.15, 0.2) is 24.3 Å². The molecule has 0 aliphatic heterocycles. The Morgan fingerprint density at radius 3 is 2.68 bits per heavy atom. The molecule has 0 saturated carbocycles. The van der Waals surface area contributed by atoms with Crippen LogP contribution in [0.4, 0.5) is 5.69 Å². The van der Waals surface area contributed by atoms with Gasteiger partial charge in [-0.15, -0.1) is 0 Å². The first-order valence-electron chi connectivity index (χ1n) is 6.24. The number of aliphatic hydroxyl groups is 1. The number of aryl methyl sites for hydroxylation is 1. The van der Waals surface area contributed by atoms with E-state index in [2.05, 4.69) is 0 Å². The number of anilines is 1. The van der Waals surface area contributed by atoms with Crippen LogP contribution in [0, 0.1) is 6.92 Å². The Kier molecular flexibility index (Phi) is 6.32. The number of benzene rings is 1. The minimum Gasteiger partial charge on any atom is -0.481 e. The first-order chi connectivity index (χ1) is 9.04. The molecule has 2 N–H and O–H groups in total. The van der Waals surface area contributed by atoms with Gasteiger partial charge in [-0.3, -0.25) is 4.79 Å². The average molecular weight is 267 g/mol. The van der Waals surface area contributed by atoms with Crippen LogP contribution >= 0.6 is 0 Å². The highest BCUT2D eigenvalue weighted by atomic mass is 16.5. The molecule has 1 unspecified atom stereocenters. The minimum atomic E-state index is -0.847. The van der Waals surface area contributed by atoms with Crippen LogP contribution in [-0.2, 0) is 9.53 Å². The number of hydrogen-bond acceptors (Lipinski definition) is 4. The Morgan fingerprint density at radius 1 is 1.42 bits per heavy atom. The fourth-order valence-electron chi connectivity index (χ4n) is 1.96. The Balaban J connectivity index is 2.79. The van der Waals surface area contributed by atoms with Gasteiger partial charge in [-0.25, -0.2) is 0 Å². The van der Waals surface area contributed by atoms with E-state index < -0.39 is 12.1 Å².